The molecule has 0 radical (unpaired) electrons. The third-order valence-corrected chi connectivity index (χ3v) is 4.08. The van der Waals surface area contributed by atoms with E-state index >= 15 is 0 Å². The van der Waals surface area contributed by atoms with Gasteiger partial charge in [-0.25, -0.2) is 0 Å². The number of rotatable bonds is 2. The van der Waals surface area contributed by atoms with Gasteiger partial charge in [0.05, 0.1) is 0 Å². The lowest BCUT2D eigenvalue weighted by atomic mass is 9.97. The molecule has 98 valence electrons. The van der Waals surface area contributed by atoms with Crippen molar-refractivity contribution in [2.24, 2.45) is 0 Å². The smallest absolute Gasteiger partial charge is 0.193 e. The van der Waals surface area contributed by atoms with Crippen molar-refractivity contribution in [3.63, 3.8) is 0 Å². The van der Waals surface area contributed by atoms with E-state index < -0.39 is 0 Å². The number of halogens is 2. The maximum atomic E-state index is 12.6. The summed E-state index contributed by atoms with van der Waals surface area (Å²) in [4.78, 5) is 12.6. The quantitative estimate of drug-likeness (QED) is 0.562. The van der Waals surface area contributed by atoms with Gasteiger partial charge in [-0.3, -0.25) is 4.79 Å². The molecule has 0 aliphatic rings. The van der Waals surface area contributed by atoms with Crippen molar-refractivity contribution in [3.8, 4) is 0 Å². The van der Waals surface area contributed by atoms with Crippen molar-refractivity contribution < 1.29 is 4.79 Å². The predicted molar refractivity (Wildman–Crippen MR) is 86.5 cm³/mol. The Morgan fingerprint density at radius 2 is 1.50 bits per heavy atom. The minimum atomic E-state index is 0.00497. The minimum absolute atomic E-state index is 0.00497. The molecule has 0 saturated heterocycles. The molecule has 0 heterocycles. The van der Waals surface area contributed by atoms with Gasteiger partial charge in [0.1, 0.15) is 0 Å². The fourth-order valence-corrected chi connectivity index (χ4v) is 2.71. The van der Waals surface area contributed by atoms with E-state index in [-0.39, 0.29) is 5.78 Å². The Hall–Kier alpha value is -1.64. The maximum Gasteiger partial charge on any atom is 0.193 e. The molecule has 3 rings (SSSR count). The SMILES string of the molecule is O=C(c1ccc(Br)cc1)c1ccc(Cl)c2ccccc12. The fraction of sp³-hybridized carbons (Fsp3) is 0. The third kappa shape index (κ3) is 2.37. The van der Waals surface area contributed by atoms with E-state index in [1.54, 1.807) is 12.1 Å². The Balaban J connectivity index is 2.17. The molecule has 0 N–H and O–H groups in total. The third-order valence-electron chi connectivity index (χ3n) is 3.22. The van der Waals surface area contributed by atoms with Crippen LogP contribution in [0.1, 0.15) is 15.9 Å². The monoisotopic (exact) mass is 344 g/mol. The molecule has 0 unspecified atom stereocenters. The van der Waals surface area contributed by atoms with E-state index in [0.29, 0.717) is 16.1 Å². The zero-order chi connectivity index (χ0) is 14.1. The van der Waals surface area contributed by atoms with Crippen LogP contribution in [-0.2, 0) is 0 Å². The summed E-state index contributed by atoms with van der Waals surface area (Å²) in [5.41, 5.74) is 1.34. The number of carbonyl (C=O) groups is 1. The zero-order valence-corrected chi connectivity index (χ0v) is 12.8. The van der Waals surface area contributed by atoms with Crippen molar-refractivity contribution >= 4 is 44.1 Å². The highest BCUT2D eigenvalue weighted by Gasteiger charge is 2.13. The van der Waals surface area contributed by atoms with Gasteiger partial charge in [0.15, 0.2) is 5.78 Å². The van der Waals surface area contributed by atoms with Crippen LogP contribution in [-0.4, -0.2) is 5.78 Å². The van der Waals surface area contributed by atoms with E-state index in [1.165, 1.54) is 0 Å². The number of benzene rings is 3. The number of fused-ring (bicyclic) bond motifs is 1. The van der Waals surface area contributed by atoms with Gasteiger partial charge >= 0.3 is 0 Å². The Morgan fingerprint density at radius 3 is 2.20 bits per heavy atom. The molecule has 0 bridgehead atoms. The Morgan fingerprint density at radius 1 is 0.850 bits per heavy atom. The van der Waals surface area contributed by atoms with Crippen LogP contribution < -0.4 is 0 Å². The summed E-state index contributed by atoms with van der Waals surface area (Å²) in [5.74, 6) is 0.00497. The molecule has 0 saturated carbocycles. The summed E-state index contributed by atoms with van der Waals surface area (Å²) >= 11 is 9.55. The second kappa shape index (κ2) is 5.39. The normalized spacial score (nSPS) is 10.7. The lowest BCUT2D eigenvalue weighted by Gasteiger charge is -2.07. The Bertz CT molecular complexity index is 794. The molecule has 0 fully saturated rings. The average molecular weight is 346 g/mol. The van der Waals surface area contributed by atoms with Gasteiger partial charge in [-0.15, -0.1) is 0 Å². The van der Waals surface area contributed by atoms with Crippen LogP contribution >= 0.6 is 27.5 Å². The Labute approximate surface area is 130 Å². The second-order valence-corrected chi connectivity index (χ2v) is 5.80. The van der Waals surface area contributed by atoms with E-state index in [1.807, 2.05) is 48.5 Å². The van der Waals surface area contributed by atoms with E-state index in [0.717, 1.165) is 15.2 Å². The van der Waals surface area contributed by atoms with Crippen LogP contribution in [0.2, 0.25) is 5.02 Å². The van der Waals surface area contributed by atoms with Crippen molar-refractivity contribution in [2.75, 3.05) is 0 Å². The van der Waals surface area contributed by atoms with Crippen LogP contribution in [0, 0.1) is 0 Å². The molecule has 0 atom stereocenters. The van der Waals surface area contributed by atoms with E-state index in [2.05, 4.69) is 15.9 Å². The molecule has 3 aromatic rings. The standard InChI is InChI=1S/C17H10BrClO/c18-12-7-5-11(6-8-12)17(20)15-9-10-16(19)14-4-2-1-3-13(14)15/h1-10H. The first kappa shape index (κ1) is 13.3. The highest BCUT2D eigenvalue weighted by atomic mass is 79.9. The molecular weight excluding hydrogens is 336 g/mol. The first-order valence-corrected chi connectivity index (χ1v) is 7.31. The van der Waals surface area contributed by atoms with Gasteiger partial charge in [-0.2, -0.15) is 0 Å². The van der Waals surface area contributed by atoms with Gasteiger partial charge < -0.3 is 0 Å². The van der Waals surface area contributed by atoms with Crippen molar-refractivity contribution in [3.05, 3.63) is 81.3 Å². The molecule has 3 heteroatoms. The number of hydrogen-bond acceptors (Lipinski definition) is 1. The molecule has 0 aliphatic heterocycles. The molecule has 1 nitrogen and oxygen atoms in total. The summed E-state index contributed by atoms with van der Waals surface area (Å²) in [5, 5.41) is 2.44. The first-order chi connectivity index (χ1) is 9.66. The lowest BCUT2D eigenvalue weighted by molar-refractivity contribution is 0.104. The summed E-state index contributed by atoms with van der Waals surface area (Å²) < 4.78 is 0.954. The molecule has 3 aromatic carbocycles. The van der Waals surface area contributed by atoms with Crippen molar-refractivity contribution in [2.45, 2.75) is 0 Å². The molecule has 0 amide bonds. The van der Waals surface area contributed by atoms with Crippen LogP contribution in [0.25, 0.3) is 10.8 Å². The summed E-state index contributed by atoms with van der Waals surface area (Å²) in [6.07, 6.45) is 0. The molecular formula is C17H10BrClO. The number of ketones is 1. The fourth-order valence-electron chi connectivity index (χ4n) is 2.22. The predicted octanol–water partition coefficient (Wildman–Crippen LogP) is 5.49. The minimum Gasteiger partial charge on any atom is -0.289 e. The molecule has 0 spiro atoms. The summed E-state index contributed by atoms with van der Waals surface area (Å²) in [6, 6.07) is 18.6. The van der Waals surface area contributed by atoms with E-state index in [9.17, 15) is 4.79 Å². The maximum absolute atomic E-state index is 12.6. The lowest BCUT2D eigenvalue weighted by Crippen LogP contribution is -2.02. The van der Waals surface area contributed by atoms with Gasteiger partial charge in [-0.05, 0) is 41.8 Å². The van der Waals surface area contributed by atoms with Crippen molar-refractivity contribution in [1.29, 1.82) is 0 Å². The van der Waals surface area contributed by atoms with Gasteiger partial charge in [-0.1, -0.05) is 51.8 Å². The van der Waals surface area contributed by atoms with Crippen LogP contribution in [0.15, 0.2) is 65.1 Å². The zero-order valence-electron chi connectivity index (χ0n) is 10.4. The topological polar surface area (TPSA) is 17.1 Å². The average Bonchev–Trinajstić information content (AvgIpc) is 2.48. The molecule has 0 aromatic heterocycles. The van der Waals surface area contributed by atoms with Gasteiger partial charge in [0, 0.05) is 26.0 Å². The number of hydrogen-bond donors (Lipinski definition) is 0. The van der Waals surface area contributed by atoms with Crippen LogP contribution in [0.5, 0.6) is 0 Å². The van der Waals surface area contributed by atoms with Gasteiger partial charge in [0.2, 0.25) is 0 Å². The number of carbonyl (C=O) groups excluding carboxylic acids is 1. The highest BCUT2D eigenvalue weighted by Crippen LogP contribution is 2.28. The summed E-state index contributed by atoms with van der Waals surface area (Å²) in [6.45, 7) is 0. The molecule has 20 heavy (non-hydrogen) atoms. The summed E-state index contributed by atoms with van der Waals surface area (Å²) in [7, 11) is 0. The van der Waals surface area contributed by atoms with Crippen molar-refractivity contribution in [1.82, 2.24) is 0 Å². The first-order valence-electron chi connectivity index (χ1n) is 6.14. The second-order valence-electron chi connectivity index (χ2n) is 4.48. The van der Waals surface area contributed by atoms with Gasteiger partial charge in [0.25, 0.3) is 0 Å². The largest absolute Gasteiger partial charge is 0.289 e. The van der Waals surface area contributed by atoms with Crippen LogP contribution in [0.3, 0.4) is 0 Å². The highest BCUT2D eigenvalue weighted by molar-refractivity contribution is 9.10. The molecule has 0 aliphatic carbocycles. The van der Waals surface area contributed by atoms with Crippen LogP contribution in [0.4, 0.5) is 0 Å². The van der Waals surface area contributed by atoms with E-state index in [4.69, 9.17) is 11.6 Å². The Kier molecular flexibility index (Phi) is 3.60.